The number of rotatable bonds is 11. The predicted molar refractivity (Wildman–Crippen MR) is 140 cm³/mol. The summed E-state index contributed by atoms with van der Waals surface area (Å²) < 4.78 is 50.9. The molecule has 0 spiro atoms. The summed E-state index contributed by atoms with van der Waals surface area (Å²) >= 11 is 0. The van der Waals surface area contributed by atoms with Crippen LogP contribution < -0.4 is 5.32 Å². The molecule has 0 aromatic heterocycles. The van der Waals surface area contributed by atoms with E-state index in [0.717, 1.165) is 24.8 Å². The lowest BCUT2D eigenvalue weighted by atomic mass is 10.0. The highest BCUT2D eigenvalue weighted by molar-refractivity contribution is 5.89. The molecule has 4 rings (SSSR count). The molecular formula is C30H38N2O5. The van der Waals surface area contributed by atoms with Crippen LogP contribution in [0.4, 0.5) is 0 Å². The molecule has 2 aliphatic rings. The minimum atomic E-state index is -0.979. The van der Waals surface area contributed by atoms with Gasteiger partial charge < -0.3 is 14.4 Å². The fourth-order valence-corrected chi connectivity index (χ4v) is 5.44. The van der Waals surface area contributed by atoms with E-state index in [0.29, 0.717) is 6.42 Å². The third-order valence-corrected chi connectivity index (χ3v) is 7.22. The Balaban J connectivity index is 1.49. The Labute approximate surface area is 226 Å². The van der Waals surface area contributed by atoms with Gasteiger partial charge in [-0.15, -0.1) is 0 Å². The first-order valence-electron chi connectivity index (χ1n) is 15.6. The maximum absolute atomic E-state index is 13.9. The lowest BCUT2D eigenvalue weighted by Gasteiger charge is -2.32. The van der Waals surface area contributed by atoms with Gasteiger partial charge in [-0.05, 0) is 63.0 Å². The van der Waals surface area contributed by atoms with Crippen LogP contribution in [0.2, 0.25) is 0 Å². The van der Waals surface area contributed by atoms with Crippen molar-refractivity contribution >= 4 is 17.8 Å². The van der Waals surface area contributed by atoms with Crippen molar-refractivity contribution in [3.05, 3.63) is 71.7 Å². The lowest BCUT2D eigenvalue weighted by molar-refractivity contribution is -0.156. The summed E-state index contributed by atoms with van der Waals surface area (Å²) in [6.45, 7) is 3.52. The SMILES string of the molecule is [2H]c1c([2H])c([2H])c(CC[C@H](N[C@@H](C)C(=O)N2[C@H](C(=O)OCc3ccccc3)C[C@@H]3CCC[C@@H]32)C(=O)OCC)c([2H])c1[2H]. The second kappa shape index (κ2) is 12.9. The van der Waals surface area contributed by atoms with Crippen molar-refractivity contribution in [2.45, 2.75) is 83.1 Å². The molecule has 2 fully saturated rings. The number of amides is 1. The molecule has 1 saturated heterocycles. The molecule has 0 unspecified atom stereocenters. The van der Waals surface area contributed by atoms with E-state index in [1.807, 2.05) is 30.3 Å². The van der Waals surface area contributed by atoms with Gasteiger partial charge in [0, 0.05) is 6.04 Å². The molecule has 2 aromatic carbocycles. The molecule has 1 heterocycles. The fourth-order valence-electron chi connectivity index (χ4n) is 5.44. The summed E-state index contributed by atoms with van der Waals surface area (Å²) in [6, 6.07) is 4.69. The van der Waals surface area contributed by atoms with Crippen molar-refractivity contribution in [2.75, 3.05) is 6.61 Å². The number of benzene rings is 2. The van der Waals surface area contributed by atoms with Gasteiger partial charge in [0.25, 0.3) is 0 Å². The average molecular weight is 512 g/mol. The first-order valence-corrected chi connectivity index (χ1v) is 13.1. The Bertz CT molecular complexity index is 1280. The highest BCUT2D eigenvalue weighted by Crippen LogP contribution is 2.42. The van der Waals surface area contributed by atoms with Gasteiger partial charge in [-0.2, -0.15) is 0 Å². The maximum atomic E-state index is 13.9. The molecule has 7 heteroatoms. The summed E-state index contributed by atoms with van der Waals surface area (Å²) in [5, 5.41) is 3.05. The van der Waals surface area contributed by atoms with Crippen LogP contribution in [0, 0.1) is 5.92 Å². The quantitative estimate of drug-likeness (QED) is 0.459. The third-order valence-electron chi connectivity index (χ3n) is 7.22. The molecule has 37 heavy (non-hydrogen) atoms. The highest BCUT2D eigenvalue weighted by Gasteiger charge is 2.50. The molecular weight excluding hydrogens is 468 g/mol. The predicted octanol–water partition coefficient (Wildman–Crippen LogP) is 4.04. The van der Waals surface area contributed by atoms with Gasteiger partial charge in [-0.25, -0.2) is 4.79 Å². The summed E-state index contributed by atoms with van der Waals surface area (Å²) in [4.78, 5) is 41.6. The third kappa shape index (κ3) is 6.77. The standard InChI is InChI=1S/C30H38N2O5/c1-3-36-29(34)25(18-17-22-11-6-4-7-12-22)31-21(2)28(33)32-26-16-10-15-24(26)19-27(32)30(35)37-20-23-13-8-5-9-14-23/h4-9,11-14,21,24-27,31H,3,10,15-20H2,1-2H3/t21-,24-,25-,26-,27-/m0/s1/i4D,6D,7D,11D,12D. The first kappa shape index (κ1) is 20.8. The van der Waals surface area contributed by atoms with Crippen LogP contribution in [0.15, 0.2) is 60.5 Å². The molecule has 1 aliphatic heterocycles. The van der Waals surface area contributed by atoms with Crippen LogP contribution in [0.25, 0.3) is 0 Å². The Kier molecular flexibility index (Phi) is 7.24. The molecule has 5 atom stereocenters. The van der Waals surface area contributed by atoms with Gasteiger partial charge in [0.05, 0.1) is 19.5 Å². The Hall–Kier alpha value is -3.19. The lowest BCUT2D eigenvalue weighted by Crippen LogP contribution is -2.55. The van der Waals surface area contributed by atoms with Gasteiger partial charge in [0.15, 0.2) is 0 Å². The number of carbonyl (C=O) groups excluding carboxylic acids is 3. The van der Waals surface area contributed by atoms with Crippen LogP contribution in [-0.2, 0) is 36.9 Å². The summed E-state index contributed by atoms with van der Waals surface area (Å²) in [7, 11) is 0. The maximum Gasteiger partial charge on any atom is 0.329 e. The highest BCUT2D eigenvalue weighted by atomic mass is 16.5. The van der Waals surface area contributed by atoms with E-state index < -0.39 is 48.2 Å². The van der Waals surface area contributed by atoms with Crippen LogP contribution in [0.5, 0.6) is 0 Å². The van der Waals surface area contributed by atoms with E-state index in [9.17, 15) is 14.4 Å². The van der Waals surface area contributed by atoms with E-state index in [-0.39, 0.29) is 61.6 Å². The summed E-state index contributed by atoms with van der Waals surface area (Å²) in [5.41, 5.74) is 0.944. The van der Waals surface area contributed by atoms with Gasteiger partial charge in [-0.3, -0.25) is 14.9 Å². The number of ether oxygens (including phenoxy) is 2. The zero-order valence-corrected chi connectivity index (χ0v) is 21.4. The van der Waals surface area contributed by atoms with E-state index in [1.165, 1.54) is 0 Å². The number of hydrogen-bond donors (Lipinski definition) is 1. The van der Waals surface area contributed by atoms with E-state index in [4.69, 9.17) is 16.3 Å². The number of likely N-dealkylation sites (tertiary alicyclic amines) is 1. The molecule has 1 amide bonds. The van der Waals surface area contributed by atoms with Crippen molar-refractivity contribution in [1.29, 1.82) is 0 Å². The number of fused-ring (bicyclic) bond motifs is 1. The minimum Gasteiger partial charge on any atom is -0.465 e. The number of nitrogens with one attached hydrogen (secondary N) is 1. The van der Waals surface area contributed by atoms with E-state index in [1.54, 1.807) is 18.7 Å². The Morgan fingerprint density at radius 1 is 1.08 bits per heavy atom. The molecule has 0 bridgehead atoms. The van der Waals surface area contributed by atoms with Crippen molar-refractivity contribution in [3.63, 3.8) is 0 Å². The fraction of sp³-hybridized carbons (Fsp3) is 0.500. The second-order valence-electron chi connectivity index (χ2n) is 9.68. The summed E-state index contributed by atoms with van der Waals surface area (Å²) in [5.74, 6) is -1.16. The normalized spacial score (nSPS) is 24.1. The van der Waals surface area contributed by atoms with Crippen molar-refractivity contribution < 1.29 is 30.7 Å². The number of nitrogens with zero attached hydrogens (tertiary/aromatic N) is 1. The molecule has 0 radical (unpaired) electrons. The van der Waals surface area contributed by atoms with Crippen molar-refractivity contribution in [1.82, 2.24) is 10.2 Å². The average Bonchev–Trinajstić information content (AvgIpc) is 3.59. The van der Waals surface area contributed by atoms with E-state index >= 15 is 0 Å². The molecule has 1 saturated carbocycles. The second-order valence-corrected chi connectivity index (χ2v) is 9.68. The molecule has 1 N–H and O–H groups in total. The largest absolute Gasteiger partial charge is 0.465 e. The van der Waals surface area contributed by atoms with Crippen LogP contribution in [0.1, 0.15) is 63.9 Å². The van der Waals surface area contributed by atoms with Crippen molar-refractivity contribution in [2.24, 2.45) is 5.92 Å². The van der Waals surface area contributed by atoms with Gasteiger partial charge in [-0.1, -0.05) is 67.0 Å². The number of hydrogen-bond acceptors (Lipinski definition) is 6. The minimum absolute atomic E-state index is 0.00402. The van der Waals surface area contributed by atoms with Gasteiger partial charge in [0.1, 0.15) is 18.7 Å². The molecule has 198 valence electrons. The van der Waals surface area contributed by atoms with Crippen LogP contribution >= 0.6 is 0 Å². The molecule has 7 nitrogen and oxygen atoms in total. The molecule has 2 aromatic rings. The first-order chi connectivity index (χ1) is 20.0. The van der Waals surface area contributed by atoms with Gasteiger partial charge in [0.2, 0.25) is 5.91 Å². The Morgan fingerprint density at radius 2 is 1.84 bits per heavy atom. The topological polar surface area (TPSA) is 84.9 Å². The number of carbonyl (C=O) groups is 3. The van der Waals surface area contributed by atoms with Crippen molar-refractivity contribution in [3.8, 4) is 0 Å². The Morgan fingerprint density at radius 3 is 2.57 bits per heavy atom. The van der Waals surface area contributed by atoms with Gasteiger partial charge >= 0.3 is 11.9 Å². The zero-order valence-electron chi connectivity index (χ0n) is 26.4. The number of esters is 2. The smallest absolute Gasteiger partial charge is 0.329 e. The van der Waals surface area contributed by atoms with Crippen LogP contribution in [0.3, 0.4) is 0 Å². The summed E-state index contributed by atoms with van der Waals surface area (Å²) in [6.07, 6.45) is 3.27. The van der Waals surface area contributed by atoms with E-state index in [2.05, 4.69) is 5.32 Å². The zero-order chi connectivity index (χ0) is 30.6. The monoisotopic (exact) mass is 511 g/mol. The molecule has 1 aliphatic carbocycles. The van der Waals surface area contributed by atoms with Crippen LogP contribution in [-0.4, -0.2) is 53.5 Å².